The second-order valence-corrected chi connectivity index (χ2v) is 7.60. The molecule has 0 saturated heterocycles. The number of thioether (sulfide) groups is 1. The van der Waals surface area contributed by atoms with Crippen LogP contribution in [0.3, 0.4) is 0 Å². The summed E-state index contributed by atoms with van der Waals surface area (Å²) in [5.41, 5.74) is 6.84. The zero-order valence-electron chi connectivity index (χ0n) is 13.9. The number of nitrogens with zero attached hydrogens (tertiary/aromatic N) is 2. The van der Waals surface area contributed by atoms with Crippen molar-refractivity contribution in [3.8, 4) is 28.2 Å². The van der Waals surface area contributed by atoms with Crippen molar-refractivity contribution in [2.75, 3.05) is 0 Å². The quantitative estimate of drug-likeness (QED) is 0.400. The van der Waals surface area contributed by atoms with Crippen LogP contribution in [0, 0.1) is 0 Å². The van der Waals surface area contributed by atoms with Crippen molar-refractivity contribution in [1.82, 2.24) is 9.55 Å². The molecule has 0 radical (unpaired) electrons. The summed E-state index contributed by atoms with van der Waals surface area (Å²) in [6.07, 6.45) is 0. The van der Waals surface area contributed by atoms with Crippen LogP contribution in [0.1, 0.15) is 5.56 Å². The molecular weight excluding hydrogens is 360 g/mol. The van der Waals surface area contributed by atoms with E-state index in [9.17, 15) is 0 Å². The van der Waals surface area contributed by atoms with Gasteiger partial charge in [-0.3, -0.25) is 4.57 Å². The standard InChI is InChI=1S/C22H15ClN2S/c23-18-11-12-19-17(13-18)14-26-22-24-20(15-7-3-1-4-8-15)21(25(19)22)16-9-5-2-6-10-16/h1-13H,14H2. The van der Waals surface area contributed by atoms with Gasteiger partial charge >= 0.3 is 0 Å². The number of hydrogen-bond acceptors (Lipinski definition) is 2. The predicted octanol–water partition coefficient (Wildman–Crippen LogP) is 6.47. The van der Waals surface area contributed by atoms with Gasteiger partial charge in [0.15, 0.2) is 5.16 Å². The summed E-state index contributed by atoms with van der Waals surface area (Å²) in [6, 6.07) is 27.0. The molecule has 2 heterocycles. The second kappa shape index (κ2) is 6.35. The fraction of sp³-hybridized carbons (Fsp3) is 0.0455. The summed E-state index contributed by atoms with van der Waals surface area (Å²) >= 11 is 7.99. The third-order valence-corrected chi connectivity index (χ3v) is 5.80. The molecule has 4 heteroatoms. The van der Waals surface area contributed by atoms with Crippen molar-refractivity contribution in [2.24, 2.45) is 0 Å². The summed E-state index contributed by atoms with van der Waals surface area (Å²) in [6.45, 7) is 0. The normalized spacial score (nSPS) is 12.5. The molecule has 0 spiro atoms. The maximum absolute atomic E-state index is 6.23. The van der Waals surface area contributed by atoms with E-state index in [0.29, 0.717) is 0 Å². The van der Waals surface area contributed by atoms with Crippen molar-refractivity contribution < 1.29 is 0 Å². The van der Waals surface area contributed by atoms with Gasteiger partial charge in [0.2, 0.25) is 0 Å². The topological polar surface area (TPSA) is 17.8 Å². The Morgan fingerprint density at radius 2 is 1.54 bits per heavy atom. The number of imidazole rings is 1. The molecule has 1 aromatic heterocycles. The molecule has 5 rings (SSSR count). The van der Waals surface area contributed by atoms with Crippen molar-refractivity contribution >= 4 is 23.4 Å². The minimum Gasteiger partial charge on any atom is -0.286 e. The highest BCUT2D eigenvalue weighted by molar-refractivity contribution is 7.98. The van der Waals surface area contributed by atoms with E-state index in [4.69, 9.17) is 16.6 Å². The molecular formula is C22H15ClN2S. The Balaban J connectivity index is 1.84. The molecule has 0 fully saturated rings. The average Bonchev–Trinajstić information content (AvgIpc) is 3.09. The van der Waals surface area contributed by atoms with E-state index in [-0.39, 0.29) is 0 Å². The van der Waals surface area contributed by atoms with Crippen LogP contribution in [-0.4, -0.2) is 9.55 Å². The van der Waals surface area contributed by atoms with Gasteiger partial charge in [-0.25, -0.2) is 4.98 Å². The maximum Gasteiger partial charge on any atom is 0.174 e. The summed E-state index contributed by atoms with van der Waals surface area (Å²) < 4.78 is 2.28. The van der Waals surface area contributed by atoms with Gasteiger partial charge in [-0.15, -0.1) is 0 Å². The maximum atomic E-state index is 6.23. The van der Waals surface area contributed by atoms with Gasteiger partial charge in [-0.05, 0) is 23.8 Å². The number of aromatic nitrogens is 2. The zero-order chi connectivity index (χ0) is 17.5. The Hall–Kier alpha value is -2.49. The third kappa shape index (κ3) is 2.56. The van der Waals surface area contributed by atoms with E-state index in [1.807, 2.05) is 18.2 Å². The van der Waals surface area contributed by atoms with Crippen molar-refractivity contribution in [3.63, 3.8) is 0 Å². The molecule has 0 amide bonds. The molecule has 0 saturated carbocycles. The van der Waals surface area contributed by atoms with E-state index < -0.39 is 0 Å². The van der Waals surface area contributed by atoms with Crippen molar-refractivity contribution in [2.45, 2.75) is 10.9 Å². The lowest BCUT2D eigenvalue weighted by molar-refractivity contribution is 0.877. The largest absolute Gasteiger partial charge is 0.286 e. The zero-order valence-corrected chi connectivity index (χ0v) is 15.5. The highest BCUT2D eigenvalue weighted by atomic mass is 35.5. The van der Waals surface area contributed by atoms with Crippen LogP contribution in [0.2, 0.25) is 5.02 Å². The Kier molecular flexibility index (Phi) is 3.84. The van der Waals surface area contributed by atoms with E-state index in [1.165, 1.54) is 5.56 Å². The Morgan fingerprint density at radius 3 is 2.27 bits per heavy atom. The van der Waals surface area contributed by atoms with Gasteiger partial charge in [-0.1, -0.05) is 84.0 Å². The lowest BCUT2D eigenvalue weighted by atomic mass is 10.0. The molecule has 126 valence electrons. The molecule has 4 aromatic rings. The number of halogens is 1. The smallest absolute Gasteiger partial charge is 0.174 e. The van der Waals surface area contributed by atoms with Crippen LogP contribution >= 0.6 is 23.4 Å². The predicted molar refractivity (Wildman–Crippen MR) is 109 cm³/mol. The third-order valence-electron chi connectivity index (χ3n) is 4.58. The molecule has 0 N–H and O–H groups in total. The van der Waals surface area contributed by atoms with Crippen molar-refractivity contribution in [3.05, 3.63) is 89.4 Å². The molecule has 26 heavy (non-hydrogen) atoms. The lowest BCUT2D eigenvalue weighted by Crippen LogP contribution is -2.07. The minimum absolute atomic E-state index is 0.775. The number of benzene rings is 3. The Labute approximate surface area is 161 Å². The van der Waals surface area contributed by atoms with Gasteiger partial charge in [0.1, 0.15) is 0 Å². The van der Waals surface area contributed by atoms with Crippen molar-refractivity contribution in [1.29, 1.82) is 0 Å². The SMILES string of the molecule is Clc1ccc2c(c1)CSc1nc(-c3ccccc3)c(-c3ccccc3)n1-2. The molecule has 1 aliphatic heterocycles. The first-order valence-corrected chi connectivity index (χ1v) is 9.83. The molecule has 0 atom stereocenters. The van der Waals surface area contributed by atoms with Crippen LogP contribution < -0.4 is 0 Å². The van der Waals surface area contributed by atoms with Crippen LogP contribution in [-0.2, 0) is 5.75 Å². The molecule has 0 bridgehead atoms. The van der Waals surface area contributed by atoms with Gasteiger partial charge < -0.3 is 0 Å². The van der Waals surface area contributed by atoms with E-state index >= 15 is 0 Å². The summed E-state index contributed by atoms with van der Waals surface area (Å²) in [5, 5.41) is 1.80. The summed E-state index contributed by atoms with van der Waals surface area (Å²) in [4.78, 5) is 5.01. The van der Waals surface area contributed by atoms with E-state index in [0.717, 1.165) is 44.1 Å². The first-order chi connectivity index (χ1) is 12.8. The van der Waals surface area contributed by atoms with Gasteiger partial charge in [0.05, 0.1) is 17.1 Å². The Morgan fingerprint density at radius 1 is 0.846 bits per heavy atom. The number of fused-ring (bicyclic) bond motifs is 3. The molecule has 0 aliphatic carbocycles. The monoisotopic (exact) mass is 374 g/mol. The molecule has 2 nitrogen and oxygen atoms in total. The highest BCUT2D eigenvalue weighted by Crippen LogP contribution is 2.43. The van der Waals surface area contributed by atoms with E-state index in [1.54, 1.807) is 11.8 Å². The van der Waals surface area contributed by atoms with Crippen LogP contribution in [0.4, 0.5) is 0 Å². The fourth-order valence-corrected chi connectivity index (χ4v) is 4.59. The summed E-state index contributed by atoms with van der Waals surface area (Å²) in [7, 11) is 0. The summed E-state index contributed by atoms with van der Waals surface area (Å²) in [5.74, 6) is 0.884. The van der Waals surface area contributed by atoms with Crippen LogP contribution in [0.25, 0.3) is 28.2 Å². The van der Waals surface area contributed by atoms with Gasteiger partial charge in [-0.2, -0.15) is 0 Å². The molecule has 0 unspecified atom stereocenters. The molecule has 3 aromatic carbocycles. The highest BCUT2D eigenvalue weighted by Gasteiger charge is 2.26. The first-order valence-electron chi connectivity index (χ1n) is 8.46. The van der Waals surface area contributed by atoms with Gasteiger partial charge in [0.25, 0.3) is 0 Å². The second-order valence-electron chi connectivity index (χ2n) is 6.22. The van der Waals surface area contributed by atoms with Gasteiger partial charge in [0, 0.05) is 21.9 Å². The first kappa shape index (κ1) is 15.7. The molecule has 1 aliphatic rings. The Bertz CT molecular complexity index is 1090. The average molecular weight is 375 g/mol. The lowest BCUT2D eigenvalue weighted by Gasteiger charge is -2.20. The number of hydrogen-bond donors (Lipinski definition) is 0. The number of rotatable bonds is 2. The van der Waals surface area contributed by atoms with Crippen LogP contribution in [0.15, 0.2) is 84.0 Å². The minimum atomic E-state index is 0.775. The van der Waals surface area contributed by atoms with Crippen LogP contribution in [0.5, 0.6) is 0 Å². The fourth-order valence-electron chi connectivity index (χ4n) is 3.41. The van der Waals surface area contributed by atoms with E-state index in [2.05, 4.69) is 65.2 Å².